The highest BCUT2D eigenvalue weighted by Gasteiger charge is 2.28. The number of carbonyl (C=O) groups excluding carboxylic acids is 2. The van der Waals surface area contributed by atoms with Crippen LogP contribution in [0, 0.1) is 25.5 Å². The second kappa shape index (κ2) is 10.7. The van der Waals surface area contributed by atoms with Crippen molar-refractivity contribution >= 4 is 11.8 Å². The molecule has 1 N–H and O–H groups in total. The Morgan fingerprint density at radius 2 is 1.71 bits per heavy atom. The minimum absolute atomic E-state index is 0.0192. The number of nitrogens with zero attached hydrogens (tertiary/aromatic N) is 3. The lowest BCUT2D eigenvalue weighted by atomic mass is 9.90. The third kappa shape index (κ3) is 5.88. The fourth-order valence-electron chi connectivity index (χ4n) is 4.65. The molecule has 3 aromatic rings. The summed E-state index contributed by atoms with van der Waals surface area (Å²) in [5.41, 5.74) is 4.17. The number of likely N-dealkylation sites (tertiary alicyclic amines) is 1. The Morgan fingerprint density at radius 1 is 1.06 bits per heavy atom. The van der Waals surface area contributed by atoms with Crippen molar-refractivity contribution in [2.75, 3.05) is 13.1 Å². The molecule has 0 spiro atoms. The van der Waals surface area contributed by atoms with Gasteiger partial charge in [0.25, 0.3) is 5.91 Å². The summed E-state index contributed by atoms with van der Waals surface area (Å²) in [6, 6.07) is 9.74. The molecule has 1 saturated heterocycles. The van der Waals surface area contributed by atoms with E-state index in [9.17, 15) is 18.4 Å². The van der Waals surface area contributed by atoms with Crippen molar-refractivity contribution in [1.29, 1.82) is 0 Å². The Labute approximate surface area is 203 Å². The fraction of sp³-hybridized carbons (Fsp3) is 0.333. The normalized spacial score (nSPS) is 14.1. The summed E-state index contributed by atoms with van der Waals surface area (Å²) < 4.78 is 27.9. The first kappa shape index (κ1) is 24.4. The number of aromatic nitrogens is 2. The van der Waals surface area contributed by atoms with Gasteiger partial charge in [0.15, 0.2) is 0 Å². The van der Waals surface area contributed by atoms with E-state index in [2.05, 4.69) is 21.4 Å². The lowest BCUT2D eigenvalue weighted by Gasteiger charge is -2.32. The highest BCUT2D eigenvalue weighted by Crippen LogP contribution is 2.29. The molecule has 2 heterocycles. The standard InChI is InChI=1S/C27H28F2N4O2/c1-17-10-18(2)12-19(11-17)14-31-27(35)22-15-30-16-32-26(22)20-6-8-33(9-7-20)25(34)13-21-23(28)4-3-5-24(21)29/h3-5,10-12,15-16,20H,6-9,13-14H2,1-2H3,(H,31,35). The first-order valence-corrected chi connectivity index (χ1v) is 11.7. The van der Waals surface area contributed by atoms with E-state index >= 15 is 0 Å². The number of amides is 2. The zero-order valence-electron chi connectivity index (χ0n) is 19.9. The van der Waals surface area contributed by atoms with Crippen LogP contribution in [0.3, 0.4) is 0 Å². The molecule has 0 atom stereocenters. The maximum absolute atomic E-state index is 13.9. The van der Waals surface area contributed by atoms with Crippen LogP contribution in [0.2, 0.25) is 0 Å². The number of rotatable bonds is 6. The molecule has 4 rings (SSSR count). The fourth-order valence-corrected chi connectivity index (χ4v) is 4.65. The molecule has 0 radical (unpaired) electrons. The molecule has 0 unspecified atom stereocenters. The summed E-state index contributed by atoms with van der Waals surface area (Å²) in [6.45, 7) is 5.28. The number of benzene rings is 2. The summed E-state index contributed by atoms with van der Waals surface area (Å²) in [7, 11) is 0. The largest absolute Gasteiger partial charge is 0.348 e. The van der Waals surface area contributed by atoms with E-state index in [1.165, 1.54) is 18.6 Å². The highest BCUT2D eigenvalue weighted by atomic mass is 19.1. The van der Waals surface area contributed by atoms with Crippen LogP contribution in [0.1, 0.15) is 57.1 Å². The second-order valence-electron chi connectivity index (χ2n) is 9.03. The van der Waals surface area contributed by atoms with Gasteiger partial charge >= 0.3 is 0 Å². The number of halogens is 2. The van der Waals surface area contributed by atoms with Gasteiger partial charge in [-0.05, 0) is 44.4 Å². The molecule has 1 aromatic heterocycles. The lowest BCUT2D eigenvalue weighted by molar-refractivity contribution is -0.131. The summed E-state index contributed by atoms with van der Waals surface area (Å²) in [5.74, 6) is -2.01. The van der Waals surface area contributed by atoms with Crippen molar-refractivity contribution in [3.05, 3.63) is 94.1 Å². The second-order valence-corrected chi connectivity index (χ2v) is 9.03. The molecule has 1 fully saturated rings. The van der Waals surface area contributed by atoms with Crippen molar-refractivity contribution in [3.63, 3.8) is 0 Å². The molecule has 8 heteroatoms. The van der Waals surface area contributed by atoms with Crippen LogP contribution < -0.4 is 5.32 Å². The van der Waals surface area contributed by atoms with Gasteiger partial charge in [-0.3, -0.25) is 9.59 Å². The van der Waals surface area contributed by atoms with Gasteiger partial charge in [-0.1, -0.05) is 35.4 Å². The van der Waals surface area contributed by atoms with Gasteiger partial charge in [0, 0.05) is 37.3 Å². The Morgan fingerprint density at radius 3 is 2.37 bits per heavy atom. The number of aryl methyl sites for hydroxylation is 2. The minimum atomic E-state index is -0.717. The molecule has 0 bridgehead atoms. The quantitative estimate of drug-likeness (QED) is 0.575. The predicted molar refractivity (Wildman–Crippen MR) is 128 cm³/mol. The Balaban J connectivity index is 1.38. The summed E-state index contributed by atoms with van der Waals surface area (Å²) in [5, 5.41) is 2.96. The van der Waals surface area contributed by atoms with Gasteiger partial charge < -0.3 is 10.2 Å². The van der Waals surface area contributed by atoms with Crippen LogP contribution in [0.15, 0.2) is 48.9 Å². The van der Waals surface area contributed by atoms with Crippen LogP contribution in [0.25, 0.3) is 0 Å². The average Bonchev–Trinajstić information content (AvgIpc) is 2.84. The van der Waals surface area contributed by atoms with Gasteiger partial charge in [-0.15, -0.1) is 0 Å². The third-order valence-electron chi connectivity index (χ3n) is 6.35. The predicted octanol–water partition coefficient (Wildman–Crippen LogP) is 4.25. The molecule has 0 aliphatic carbocycles. The summed E-state index contributed by atoms with van der Waals surface area (Å²) >= 11 is 0. The lowest BCUT2D eigenvalue weighted by Crippen LogP contribution is -2.39. The number of carbonyl (C=O) groups is 2. The van der Waals surface area contributed by atoms with Gasteiger partial charge in [-0.25, -0.2) is 18.7 Å². The Kier molecular flexibility index (Phi) is 7.48. The first-order chi connectivity index (χ1) is 16.8. The van der Waals surface area contributed by atoms with Crippen molar-refractivity contribution in [3.8, 4) is 0 Å². The number of nitrogens with one attached hydrogen (secondary N) is 1. The number of hydrogen-bond donors (Lipinski definition) is 1. The van der Waals surface area contributed by atoms with Crippen molar-refractivity contribution < 1.29 is 18.4 Å². The maximum atomic E-state index is 13.9. The SMILES string of the molecule is Cc1cc(C)cc(CNC(=O)c2cncnc2C2CCN(C(=O)Cc3c(F)cccc3F)CC2)c1. The zero-order chi connectivity index (χ0) is 24.9. The molecular formula is C27H28F2N4O2. The van der Waals surface area contributed by atoms with Crippen LogP contribution >= 0.6 is 0 Å². The van der Waals surface area contributed by atoms with Crippen molar-refractivity contribution in [2.24, 2.45) is 0 Å². The Bertz CT molecular complexity index is 1200. The highest BCUT2D eigenvalue weighted by molar-refractivity contribution is 5.95. The molecule has 2 aromatic carbocycles. The van der Waals surface area contributed by atoms with Gasteiger partial charge in [-0.2, -0.15) is 0 Å². The first-order valence-electron chi connectivity index (χ1n) is 11.7. The molecular weight excluding hydrogens is 450 g/mol. The van der Waals surface area contributed by atoms with Crippen molar-refractivity contribution in [2.45, 2.75) is 45.6 Å². The maximum Gasteiger partial charge on any atom is 0.254 e. The zero-order valence-corrected chi connectivity index (χ0v) is 19.9. The molecule has 1 aliphatic rings. The molecule has 0 saturated carbocycles. The Hall–Kier alpha value is -3.68. The van der Waals surface area contributed by atoms with E-state index in [1.807, 2.05) is 26.0 Å². The van der Waals surface area contributed by atoms with E-state index in [4.69, 9.17) is 0 Å². The van der Waals surface area contributed by atoms with Crippen LogP contribution in [0.5, 0.6) is 0 Å². The van der Waals surface area contributed by atoms with Crippen molar-refractivity contribution in [1.82, 2.24) is 20.2 Å². The third-order valence-corrected chi connectivity index (χ3v) is 6.35. The van der Waals surface area contributed by atoms with E-state index in [1.54, 1.807) is 4.90 Å². The molecule has 182 valence electrons. The molecule has 2 amide bonds. The number of hydrogen-bond acceptors (Lipinski definition) is 4. The van der Waals surface area contributed by atoms with Crippen LogP contribution in [0.4, 0.5) is 8.78 Å². The topological polar surface area (TPSA) is 75.2 Å². The van der Waals surface area contributed by atoms with Gasteiger partial charge in [0.05, 0.1) is 17.7 Å². The average molecular weight is 479 g/mol. The van der Waals surface area contributed by atoms with Crippen LogP contribution in [-0.4, -0.2) is 39.8 Å². The van der Waals surface area contributed by atoms with E-state index < -0.39 is 11.6 Å². The number of piperidine rings is 1. The molecule has 35 heavy (non-hydrogen) atoms. The monoisotopic (exact) mass is 478 g/mol. The smallest absolute Gasteiger partial charge is 0.254 e. The van der Waals surface area contributed by atoms with E-state index in [0.717, 1.165) is 28.8 Å². The van der Waals surface area contributed by atoms with Gasteiger partial charge in [0.1, 0.15) is 18.0 Å². The minimum Gasteiger partial charge on any atom is -0.348 e. The van der Waals surface area contributed by atoms with Crippen LogP contribution in [-0.2, 0) is 17.8 Å². The summed E-state index contributed by atoms with van der Waals surface area (Å²) in [4.78, 5) is 35.7. The van der Waals surface area contributed by atoms with E-state index in [0.29, 0.717) is 43.7 Å². The molecule has 1 aliphatic heterocycles. The van der Waals surface area contributed by atoms with Gasteiger partial charge in [0.2, 0.25) is 5.91 Å². The van der Waals surface area contributed by atoms with E-state index in [-0.39, 0.29) is 29.7 Å². The summed E-state index contributed by atoms with van der Waals surface area (Å²) in [6.07, 6.45) is 3.83. The molecule has 6 nitrogen and oxygen atoms in total.